The van der Waals surface area contributed by atoms with Gasteiger partial charge in [-0.2, -0.15) is 0 Å². The largest absolute Gasteiger partial charge is 1.00 e. The average Bonchev–Trinajstić information content (AvgIpc) is 1.82. The van der Waals surface area contributed by atoms with Crippen molar-refractivity contribution in [1.82, 2.24) is 0 Å². The van der Waals surface area contributed by atoms with Crippen molar-refractivity contribution in [2.75, 3.05) is 0 Å². The Balaban J connectivity index is 0. The molecule has 0 aromatic heterocycles. The zero-order chi connectivity index (χ0) is 7.28. The molecule has 0 aromatic carbocycles. The molecule has 0 spiro atoms. The maximum absolute atomic E-state index is 10.1. The normalized spacial score (nSPS) is 11.8. The predicted octanol–water partition coefficient (Wildman–Crippen LogP) is -2.27. The number of rotatable bonds is 4. The van der Waals surface area contributed by atoms with Gasteiger partial charge in [-0.25, -0.2) is 0 Å². The van der Waals surface area contributed by atoms with Gasteiger partial charge in [0.2, 0.25) is 0 Å². The van der Waals surface area contributed by atoms with Gasteiger partial charge in [0.05, 0.1) is 9.89 Å². The minimum absolute atomic E-state index is 0. The van der Waals surface area contributed by atoms with Crippen molar-refractivity contribution in [2.45, 2.75) is 30.1 Å². The van der Waals surface area contributed by atoms with Gasteiger partial charge in [-0.05, 0) is 6.42 Å². The van der Waals surface area contributed by atoms with Crippen molar-refractivity contribution < 1.29 is 61.3 Å². The number of carbonyl (C=O) groups excluding carboxylic acids is 1. The van der Waals surface area contributed by atoms with Gasteiger partial charge >= 0.3 is 51.4 Å². The van der Waals surface area contributed by atoms with E-state index in [1.54, 1.807) is 0 Å². The summed E-state index contributed by atoms with van der Waals surface area (Å²) < 4.78 is -0.303. The summed E-state index contributed by atoms with van der Waals surface area (Å²) in [4.78, 5) is 10.1. The molecule has 0 aliphatic rings. The quantitative estimate of drug-likeness (QED) is 0.331. The second-order valence-electron chi connectivity index (χ2n) is 1.93. The number of aliphatic carboxylic acids is 1. The summed E-state index contributed by atoms with van der Waals surface area (Å²) in [5.74, 6) is -0.941. The molecule has 0 fully saturated rings. The van der Waals surface area contributed by atoms with Crippen molar-refractivity contribution in [3.05, 3.63) is 0 Å². The van der Waals surface area contributed by atoms with E-state index in [0.717, 1.165) is 19.3 Å². The molecule has 54 valence electrons. The third kappa shape index (κ3) is 7.94. The molecule has 1 unspecified atom stereocenters. The van der Waals surface area contributed by atoms with Crippen LogP contribution in [0.1, 0.15) is 26.2 Å². The fourth-order valence-corrected chi connectivity index (χ4v) is 0.942. The fraction of sp³-hybridized carbons (Fsp3) is 0.833. The van der Waals surface area contributed by atoms with Crippen LogP contribution in [0.15, 0.2) is 0 Å². The van der Waals surface area contributed by atoms with E-state index >= 15 is 0 Å². The van der Waals surface area contributed by atoms with Gasteiger partial charge in [0.1, 0.15) is 0 Å². The van der Waals surface area contributed by atoms with Crippen LogP contribution in [0, 0.1) is 0 Å². The van der Waals surface area contributed by atoms with E-state index in [-0.39, 0.29) is 55.3 Å². The monoisotopic (exact) mass is 280 g/mol. The van der Waals surface area contributed by atoms with Gasteiger partial charge in [0.15, 0.2) is 0 Å². The topological polar surface area (TPSA) is 40.1 Å². The van der Waals surface area contributed by atoms with E-state index in [2.05, 4.69) is 0 Å². The number of unbranched alkanes of at least 4 members (excludes halogenated alkanes) is 1. The molecule has 0 heterocycles. The summed E-state index contributed by atoms with van der Waals surface area (Å²) in [6.07, 6.45) is 2.76. The minimum atomic E-state index is -0.941. The molecule has 10 heavy (non-hydrogen) atoms. The number of carbonyl (C=O) groups is 1. The van der Waals surface area contributed by atoms with Crippen molar-refractivity contribution >= 4 is 28.6 Å². The van der Waals surface area contributed by atoms with E-state index < -0.39 is 5.97 Å². The summed E-state index contributed by atoms with van der Waals surface area (Å²) in [6, 6.07) is 0. The first-order valence-corrected chi connectivity index (χ1v) is 4.28. The Morgan fingerprint density at radius 1 is 1.70 bits per heavy atom. The summed E-state index contributed by atoms with van der Waals surface area (Å²) >= 11 is 1.89. The second-order valence-corrected chi connectivity index (χ2v) is 3.43. The molecule has 0 aromatic rings. The first kappa shape index (κ1) is 14.4. The van der Waals surface area contributed by atoms with Crippen molar-refractivity contribution in [2.24, 2.45) is 0 Å². The number of alkyl halides is 1. The molecule has 2 nitrogen and oxygen atoms in total. The van der Waals surface area contributed by atoms with Gasteiger partial charge in [0.25, 0.3) is 0 Å². The van der Waals surface area contributed by atoms with E-state index in [9.17, 15) is 9.90 Å². The molecule has 0 N–H and O–H groups in total. The van der Waals surface area contributed by atoms with Crippen LogP contribution in [-0.4, -0.2) is 9.89 Å². The van der Waals surface area contributed by atoms with Crippen LogP contribution >= 0.6 is 22.6 Å². The molecule has 0 saturated heterocycles. The van der Waals surface area contributed by atoms with Gasteiger partial charge in [-0.1, -0.05) is 42.4 Å². The van der Waals surface area contributed by atoms with Crippen LogP contribution in [0.5, 0.6) is 0 Å². The summed E-state index contributed by atoms with van der Waals surface area (Å²) in [5, 5.41) is 10.1. The Morgan fingerprint density at radius 2 is 2.20 bits per heavy atom. The third-order valence-electron chi connectivity index (χ3n) is 1.07. The second kappa shape index (κ2) is 8.93. The van der Waals surface area contributed by atoms with Gasteiger partial charge < -0.3 is 9.90 Å². The number of carboxylic acids is 1. The van der Waals surface area contributed by atoms with Crippen LogP contribution in [-0.2, 0) is 4.79 Å². The Kier molecular flexibility index (Phi) is 12.8. The molecule has 1 atom stereocenters. The smallest absolute Gasteiger partial charge is 0.549 e. The van der Waals surface area contributed by atoms with E-state index in [1.807, 2.05) is 29.5 Å². The van der Waals surface area contributed by atoms with Crippen molar-refractivity contribution in [1.29, 1.82) is 0 Å². The van der Waals surface area contributed by atoms with Crippen LogP contribution in [0.3, 0.4) is 0 Å². The first-order chi connectivity index (χ1) is 4.18. The Labute approximate surface area is 118 Å². The van der Waals surface area contributed by atoms with Crippen LogP contribution in [0.2, 0.25) is 0 Å². The van der Waals surface area contributed by atoms with Crippen LogP contribution in [0.4, 0.5) is 0 Å². The Bertz CT molecular complexity index is 97.7. The molecular weight excluding hydrogens is 270 g/mol. The van der Waals surface area contributed by atoms with Crippen LogP contribution < -0.4 is 56.5 Å². The minimum Gasteiger partial charge on any atom is -0.549 e. The maximum atomic E-state index is 10.1. The zero-order valence-corrected chi connectivity index (χ0v) is 11.7. The molecule has 0 aliphatic carbocycles. The van der Waals surface area contributed by atoms with Crippen molar-refractivity contribution in [3.8, 4) is 0 Å². The number of halogens is 1. The number of hydrogen-bond donors (Lipinski definition) is 0. The molecule has 0 radical (unpaired) electrons. The van der Waals surface area contributed by atoms with E-state index in [4.69, 9.17) is 0 Å². The molecule has 0 rings (SSSR count). The van der Waals surface area contributed by atoms with Crippen molar-refractivity contribution in [3.63, 3.8) is 0 Å². The molecule has 0 bridgehead atoms. The van der Waals surface area contributed by atoms with Crippen LogP contribution in [0.25, 0.3) is 0 Å². The SMILES string of the molecule is CCCCC(I)C(=O)[O-].[K+]. The maximum Gasteiger partial charge on any atom is 1.00 e. The van der Waals surface area contributed by atoms with E-state index in [1.165, 1.54) is 0 Å². The van der Waals surface area contributed by atoms with Gasteiger partial charge in [0, 0.05) is 0 Å². The number of hydrogen-bond acceptors (Lipinski definition) is 2. The Hall–Kier alpha value is 1.84. The first-order valence-electron chi connectivity index (χ1n) is 3.03. The van der Waals surface area contributed by atoms with E-state index in [0.29, 0.717) is 0 Å². The zero-order valence-electron chi connectivity index (χ0n) is 6.39. The van der Waals surface area contributed by atoms with Gasteiger partial charge in [-0.15, -0.1) is 0 Å². The Morgan fingerprint density at radius 3 is 2.50 bits per heavy atom. The number of carboxylic acid groups (broad SMARTS) is 1. The fourth-order valence-electron chi connectivity index (χ4n) is 0.501. The molecule has 0 amide bonds. The molecular formula is C6H10IKO2. The molecule has 0 aliphatic heterocycles. The van der Waals surface area contributed by atoms with Gasteiger partial charge in [-0.3, -0.25) is 0 Å². The summed E-state index contributed by atoms with van der Waals surface area (Å²) in [6.45, 7) is 2.04. The average molecular weight is 280 g/mol. The molecule has 0 saturated carbocycles. The molecule has 4 heteroatoms. The third-order valence-corrected chi connectivity index (χ3v) is 2.20. The summed E-state index contributed by atoms with van der Waals surface area (Å²) in [7, 11) is 0. The summed E-state index contributed by atoms with van der Waals surface area (Å²) in [5.41, 5.74) is 0. The predicted molar refractivity (Wildman–Crippen MR) is 42.3 cm³/mol. The standard InChI is InChI=1S/C6H11IO2.K/c1-2-3-4-5(7)6(8)9;/h5H,2-4H2,1H3,(H,8,9);/q;+1/p-1.